The molecule has 0 saturated carbocycles. The number of hydrogen-bond acceptors (Lipinski definition) is 3. The van der Waals surface area contributed by atoms with Crippen LogP contribution in [-0.4, -0.2) is 20.7 Å². The molecular formula is C22H17F3N4O. The zero-order chi connectivity index (χ0) is 21.5. The molecule has 0 aliphatic rings. The number of fused-ring (bicyclic) bond motifs is 1. The molecule has 0 aliphatic carbocycles. The van der Waals surface area contributed by atoms with Gasteiger partial charge in [0.1, 0.15) is 0 Å². The third kappa shape index (κ3) is 3.63. The maximum absolute atomic E-state index is 13.3. The number of aryl methyl sites for hydroxylation is 2. The van der Waals surface area contributed by atoms with Gasteiger partial charge >= 0.3 is 6.18 Å². The lowest BCUT2D eigenvalue weighted by Crippen LogP contribution is -2.17. The number of anilines is 1. The van der Waals surface area contributed by atoms with Crippen LogP contribution in [0.5, 0.6) is 0 Å². The van der Waals surface area contributed by atoms with Gasteiger partial charge in [0, 0.05) is 24.2 Å². The zero-order valence-corrected chi connectivity index (χ0v) is 16.2. The quantitative estimate of drug-likeness (QED) is 0.504. The van der Waals surface area contributed by atoms with Crippen molar-refractivity contribution in [2.45, 2.75) is 13.1 Å². The molecule has 4 aromatic rings. The van der Waals surface area contributed by atoms with Gasteiger partial charge in [-0.2, -0.15) is 18.3 Å². The van der Waals surface area contributed by atoms with E-state index in [9.17, 15) is 18.0 Å². The summed E-state index contributed by atoms with van der Waals surface area (Å²) >= 11 is 0. The summed E-state index contributed by atoms with van der Waals surface area (Å²) in [5.74, 6) is -0.645. The lowest BCUT2D eigenvalue weighted by Gasteiger charge is -2.15. The number of hydrogen-bond donors (Lipinski definition) is 1. The van der Waals surface area contributed by atoms with E-state index in [0.29, 0.717) is 16.6 Å². The van der Waals surface area contributed by atoms with Crippen LogP contribution in [0.1, 0.15) is 21.6 Å². The largest absolute Gasteiger partial charge is 0.418 e. The van der Waals surface area contributed by atoms with Crippen LogP contribution in [0.15, 0.2) is 60.8 Å². The Morgan fingerprint density at radius 2 is 1.77 bits per heavy atom. The SMILES string of the molecule is Cc1nn(C)cc1-c1cc(C(=O)Nc2ccccc2C(F)(F)F)c2ccccc2n1. The summed E-state index contributed by atoms with van der Waals surface area (Å²) in [5, 5.41) is 7.26. The van der Waals surface area contributed by atoms with Gasteiger partial charge in [0.2, 0.25) is 0 Å². The summed E-state index contributed by atoms with van der Waals surface area (Å²) in [6, 6.07) is 13.5. The number of amides is 1. The molecule has 2 heterocycles. The van der Waals surface area contributed by atoms with Crippen LogP contribution in [0.2, 0.25) is 0 Å². The van der Waals surface area contributed by atoms with Gasteiger partial charge in [-0.1, -0.05) is 30.3 Å². The van der Waals surface area contributed by atoms with Crippen LogP contribution in [0.3, 0.4) is 0 Å². The molecule has 0 atom stereocenters. The number of para-hydroxylation sites is 2. The number of benzene rings is 2. The number of carbonyl (C=O) groups is 1. The molecule has 0 fully saturated rings. The van der Waals surface area contributed by atoms with E-state index in [4.69, 9.17) is 0 Å². The van der Waals surface area contributed by atoms with Crippen LogP contribution in [0.25, 0.3) is 22.2 Å². The number of halogens is 3. The minimum Gasteiger partial charge on any atom is -0.321 e. The predicted molar refractivity (Wildman–Crippen MR) is 108 cm³/mol. The van der Waals surface area contributed by atoms with Crippen LogP contribution in [0, 0.1) is 6.92 Å². The highest BCUT2D eigenvalue weighted by molar-refractivity contribution is 6.13. The molecule has 0 unspecified atom stereocenters. The standard InChI is InChI=1S/C22H17F3N4O/c1-13-16(12-29(2)28-13)20-11-15(14-7-3-5-9-18(14)26-20)21(30)27-19-10-6-4-8-17(19)22(23,24)25/h3-12H,1-2H3,(H,27,30). The summed E-state index contributed by atoms with van der Waals surface area (Å²) in [7, 11) is 1.78. The third-order valence-electron chi connectivity index (χ3n) is 4.73. The first-order valence-electron chi connectivity index (χ1n) is 9.12. The summed E-state index contributed by atoms with van der Waals surface area (Å²) in [4.78, 5) is 17.7. The van der Waals surface area contributed by atoms with Gasteiger partial charge in [0.05, 0.1) is 33.7 Å². The summed E-state index contributed by atoms with van der Waals surface area (Å²) in [6.07, 6.45) is -2.80. The Balaban J connectivity index is 1.83. The number of alkyl halides is 3. The van der Waals surface area contributed by atoms with Gasteiger partial charge < -0.3 is 5.32 Å². The molecule has 4 rings (SSSR count). The van der Waals surface area contributed by atoms with Crippen LogP contribution in [-0.2, 0) is 13.2 Å². The Bertz CT molecular complexity index is 1260. The normalized spacial score (nSPS) is 11.6. The van der Waals surface area contributed by atoms with Crippen LogP contribution < -0.4 is 5.32 Å². The molecule has 0 radical (unpaired) electrons. The van der Waals surface area contributed by atoms with Crippen molar-refractivity contribution in [3.63, 3.8) is 0 Å². The summed E-state index contributed by atoms with van der Waals surface area (Å²) < 4.78 is 41.6. The second kappa shape index (κ2) is 7.29. The topological polar surface area (TPSA) is 59.8 Å². The smallest absolute Gasteiger partial charge is 0.321 e. The molecule has 5 nitrogen and oxygen atoms in total. The van der Waals surface area contributed by atoms with Gasteiger partial charge in [-0.15, -0.1) is 0 Å². The number of carbonyl (C=O) groups excluding carboxylic acids is 1. The second-order valence-corrected chi connectivity index (χ2v) is 6.87. The summed E-state index contributed by atoms with van der Waals surface area (Å²) in [5.41, 5.74) is 1.59. The monoisotopic (exact) mass is 410 g/mol. The molecular weight excluding hydrogens is 393 g/mol. The molecule has 0 saturated heterocycles. The highest BCUT2D eigenvalue weighted by Crippen LogP contribution is 2.35. The Labute approximate surface area is 170 Å². The Hall–Kier alpha value is -3.68. The first-order chi connectivity index (χ1) is 14.2. The van der Waals surface area contributed by atoms with E-state index in [1.165, 1.54) is 18.2 Å². The molecule has 0 spiro atoms. The van der Waals surface area contributed by atoms with Crippen LogP contribution >= 0.6 is 0 Å². The van der Waals surface area contributed by atoms with E-state index in [2.05, 4.69) is 15.4 Å². The zero-order valence-electron chi connectivity index (χ0n) is 16.2. The van der Waals surface area contributed by atoms with E-state index < -0.39 is 17.6 Å². The van der Waals surface area contributed by atoms with Crippen molar-refractivity contribution >= 4 is 22.5 Å². The molecule has 152 valence electrons. The van der Waals surface area contributed by atoms with E-state index >= 15 is 0 Å². The minimum atomic E-state index is -4.58. The lowest BCUT2D eigenvalue weighted by atomic mass is 10.0. The van der Waals surface area contributed by atoms with E-state index in [-0.39, 0.29) is 11.3 Å². The minimum absolute atomic E-state index is 0.232. The molecule has 8 heteroatoms. The molecule has 0 aliphatic heterocycles. The predicted octanol–water partition coefficient (Wildman–Crippen LogP) is 5.21. The van der Waals surface area contributed by atoms with E-state index in [1.54, 1.807) is 48.3 Å². The van der Waals surface area contributed by atoms with Gasteiger partial charge in [-0.05, 0) is 31.2 Å². The van der Waals surface area contributed by atoms with Crippen molar-refractivity contribution in [1.29, 1.82) is 0 Å². The van der Waals surface area contributed by atoms with E-state index in [1.807, 2.05) is 6.92 Å². The fraction of sp³-hybridized carbons (Fsp3) is 0.136. The fourth-order valence-electron chi connectivity index (χ4n) is 3.38. The maximum Gasteiger partial charge on any atom is 0.418 e. The molecule has 2 aromatic carbocycles. The van der Waals surface area contributed by atoms with Crippen molar-refractivity contribution in [1.82, 2.24) is 14.8 Å². The molecule has 2 aromatic heterocycles. The van der Waals surface area contributed by atoms with Crippen molar-refractivity contribution in [3.05, 3.63) is 77.6 Å². The van der Waals surface area contributed by atoms with Crippen molar-refractivity contribution < 1.29 is 18.0 Å². The third-order valence-corrected chi connectivity index (χ3v) is 4.73. The van der Waals surface area contributed by atoms with Crippen molar-refractivity contribution in [2.75, 3.05) is 5.32 Å². The van der Waals surface area contributed by atoms with Crippen LogP contribution in [0.4, 0.5) is 18.9 Å². The summed E-state index contributed by atoms with van der Waals surface area (Å²) in [6.45, 7) is 1.82. The van der Waals surface area contributed by atoms with E-state index in [0.717, 1.165) is 17.3 Å². The van der Waals surface area contributed by atoms with Gasteiger partial charge in [0.15, 0.2) is 0 Å². The first-order valence-corrected chi connectivity index (χ1v) is 9.12. The first kappa shape index (κ1) is 19.6. The number of nitrogens with zero attached hydrogens (tertiary/aromatic N) is 3. The lowest BCUT2D eigenvalue weighted by molar-refractivity contribution is -0.136. The average Bonchev–Trinajstić information content (AvgIpc) is 3.04. The highest BCUT2D eigenvalue weighted by Gasteiger charge is 2.33. The second-order valence-electron chi connectivity index (χ2n) is 6.87. The molecule has 30 heavy (non-hydrogen) atoms. The molecule has 1 amide bonds. The number of pyridine rings is 1. The Morgan fingerprint density at radius 1 is 1.07 bits per heavy atom. The fourth-order valence-corrected chi connectivity index (χ4v) is 3.38. The average molecular weight is 410 g/mol. The Kier molecular flexibility index (Phi) is 4.77. The van der Waals surface area contributed by atoms with Crippen molar-refractivity contribution in [3.8, 4) is 11.3 Å². The highest BCUT2D eigenvalue weighted by atomic mass is 19.4. The molecule has 0 bridgehead atoms. The van der Waals surface area contributed by atoms with Gasteiger partial charge in [0.25, 0.3) is 5.91 Å². The number of aromatic nitrogens is 3. The Morgan fingerprint density at radius 3 is 2.47 bits per heavy atom. The molecule has 1 N–H and O–H groups in total. The van der Waals surface area contributed by atoms with Gasteiger partial charge in [-0.25, -0.2) is 4.98 Å². The van der Waals surface area contributed by atoms with Crippen molar-refractivity contribution in [2.24, 2.45) is 7.05 Å². The van der Waals surface area contributed by atoms with Gasteiger partial charge in [-0.3, -0.25) is 9.48 Å². The number of rotatable bonds is 3. The maximum atomic E-state index is 13.3. The number of nitrogens with one attached hydrogen (secondary N) is 1.